The molecular formula is C21H24N2O6. The van der Waals surface area contributed by atoms with E-state index < -0.39 is 18.5 Å². The second-order valence-electron chi connectivity index (χ2n) is 5.94. The molecule has 0 bridgehead atoms. The van der Waals surface area contributed by atoms with Gasteiger partial charge in [-0.3, -0.25) is 9.59 Å². The lowest BCUT2D eigenvalue weighted by Gasteiger charge is -2.11. The monoisotopic (exact) mass is 400 g/mol. The van der Waals surface area contributed by atoms with E-state index in [2.05, 4.69) is 10.6 Å². The first kappa shape index (κ1) is 21.7. The number of hydrogen-bond donors (Lipinski definition) is 2. The summed E-state index contributed by atoms with van der Waals surface area (Å²) in [5.41, 5.74) is 1.70. The summed E-state index contributed by atoms with van der Waals surface area (Å²) in [6, 6.07) is 14.3. The van der Waals surface area contributed by atoms with Crippen molar-refractivity contribution >= 4 is 23.5 Å². The van der Waals surface area contributed by atoms with E-state index in [1.54, 1.807) is 30.3 Å². The van der Waals surface area contributed by atoms with Gasteiger partial charge >= 0.3 is 5.97 Å². The van der Waals surface area contributed by atoms with Gasteiger partial charge in [0.1, 0.15) is 0 Å². The number of anilines is 1. The van der Waals surface area contributed by atoms with Crippen molar-refractivity contribution < 1.29 is 28.6 Å². The maximum Gasteiger partial charge on any atom is 0.344 e. The third-order valence-corrected chi connectivity index (χ3v) is 3.90. The van der Waals surface area contributed by atoms with Gasteiger partial charge < -0.3 is 24.8 Å². The number of benzene rings is 2. The van der Waals surface area contributed by atoms with E-state index in [0.717, 1.165) is 12.0 Å². The number of esters is 1. The number of para-hydroxylation sites is 3. The Labute approximate surface area is 169 Å². The minimum atomic E-state index is -0.715. The quantitative estimate of drug-likeness (QED) is 0.591. The molecule has 0 radical (unpaired) electrons. The van der Waals surface area contributed by atoms with Crippen LogP contribution in [0.5, 0.6) is 11.5 Å². The fourth-order valence-electron chi connectivity index (χ4n) is 2.44. The van der Waals surface area contributed by atoms with E-state index >= 15 is 0 Å². The van der Waals surface area contributed by atoms with Gasteiger partial charge in [0, 0.05) is 5.69 Å². The Kier molecular flexibility index (Phi) is 8.50. The molecule has 154 valence electrons. The average molecular weight is 400 g/mol. The van der Waals surface area contributed by atoms with Gasteiger partial charge in [-0.15, -0.1) is 0 Å². The van der Waals surface area contributed by atoms with Crippen LogP contribution >= 0.6 is 0 Å². The summed E-state index contributed by atoms with van der Waals surface area (Å²) in [5.74, 6) is -0.804. The molecule has 0 fully saturated rings. The van der Waals surface area contributed by atoms with Crippen LogP contribution in [-0.2, 0) is 25.5 Å². The number of rotatable bonds is 10. The van der Waals surface area contributed by atoms with Gasteiger partial charge in [-0.1, -0.05) is 37.3 Å². The van der Waals surface area contributed by atoms with Crippen molar-refractivity contribution in [3.05, 3.63) is 54.1 Å². The highest BCUT2D eigenvalue weighted by molar-refractivity contribution is 5.95. The molecule has 0 atom stereocenters. The third kappa shape index (κ3) is 7.17. The van der Waals surface area contributed by atoms with E-state index in [9.17, 15) is 14.4 Å². The third-order valence-electron chi connectivity index (χ3n) is 3.90. The Balaban J connectivity index is 1.68. The molecule has 0 aliphatic heterocycles. The van der Waals surface area contributed by atoms with Crippen molar-refractivity contribution in [3.8, 4) is 11.5 Å². The Morgan fingerprint density at radius 2 is 1.59 bits per heavy atom. The highest BCUT2D eigenvalue weighted by Gasteiger charge is 2.12. The van der Waals surface area contributed by atoms with Gasteiger partial charge in [-0.25, -0.2) is 4.79 Å². The molecule has 0 saturated carbocycles. The molecule has 2 aromatic carbocycles. The highest BCUT2D eigenvalue weighted by atomic mass is 16.6. The molecule has 0 aliphatic rings. The number of carbonyl (C=O) groups excluding carboxylic acids is 3. The molecule has 0 heterocycles. The molecule has 8 nitrogen and oxygen atoms in total. The Morgan fingerprint density at radius 3 is 2.31 bits per heavy atom. The Morgan fingerprint density at radius 1 is 0.897 bits per heavy atom. The van der Waals surface area contributed by atoms with E-state index in [1.807, 2.05) is 25.1 Å². The zero-order chi connectivity index (χ0) is 21.1. The molecular weight excluding hydrogens is 376 g/mol. The second-order valence-corrected chi connectivity index (χ2v) is 5.94. The first-order valence-corrected chi connectivity index (χ1v) is 9.09. The van der Waals surface area contributed by atoms with Crippen molar-refractivity contribution in [1.82, 2.24) is 5.32 Å². The molecule has 2 N–H and O–H groups in total. The van der Waals surface area contributed by atoms with E-state index in [-0.39, 0.29) is 19.1 Å². The lowest BCUT2D eigenvalue weighted by molar-refractivity contribution is -0.150. The lowest BCUT2D eigenvalue weighted by Crippen LogP contribution is -2.36. The predicted octanol–water partition coefficient (Wildman–Crippen LogP) is 1.93. The maximum atomic E-state index is 12.0. The van der Waals surface area contributed by atoms with Gasteiger partial charge in [0.2, 0.25) is 5.91 Å². The van der Waals surface area contributed by atoms with Gasteiger partial charge in [-0.2, -0.15) is 0 Å². The first-order valence-electron chi connectivity index (χ1n) is 9.09. The van der Waals surface area contributed by atoms with Crippen molar-refractivity contribution in [2.24, 2.45) is 0 Å². The number of ether oxygens (including phenoxy) is 3. The fourth-order valence-corrected chi connectivity index (χ4v) is 2.44. The molecule has 0 saturated heterocycles. The SMILES string of the molecule is CCc1ccccc1NC(=O)CNC(=O)COC(=O)COc1ccccc1OC. The van der Waals surface area contributed by atoms with Crippen molar-refractivity contribution in [2.75, 3.05) is 32.2 Å². The zero-order valence-corrected chi connectivity index (χ0v) is 16.4. The minimum absolute atomic E-state index is 0.230. The molecule has 8 heteroatoms. The summed E-state index contributed by atoms with van der Waals surface area (Å²) < 4.78 is 15.3. The molecule has 2 rings (SSSR count). The van der Waals surface area contributed by atoms with Crippen molar-refractivity contribution in [2.45, 2.75) is 13.3 Å². The topological polar surface area (TPSA) is 103 Å². The number of carbonyl (C=O) groups is 3. The van der Waals surface area contributed by atoms with Crippen LogP contribution in [0.15, 0.2) is 48.5 Å². The smallest absolute Gasteiger partial charge is 0.344 e. The van der Waals surface area contributed by atoms with Gasteiger partial charge in [0.25, 0.3) is 5.91 Å². The number of methoxy groups -OCH3 is 1. The molecule has 29 heavy (non-hydrogen) atoms. The van der Waals surface area contributed by atoms with E-state index in [0.29, 0.717) is 17.2 Å². The fraction of sp³-hybridized carbons (Fsp3) is 0.286. The molecule has 2 aromatic rings. The summed E-state index contributed by atoms with van der Waals surface area (Å²) in [6.45, 7) is 0.875. The Hall–Kier alpha value is -3.55. The summed E-state index contributed by atoms with van der Waals surface area (Å²) in [6.07, 6.45) is 0.774. The van der Waals surface area contributed by atoms with Crippen LogP contribution in [0.2, 0.25) is 0 Å². The van der Waals surface area contributed by atoms with E-state index in [4.69, 9.17) is 14.2 Å². The summed E-state index contributed by atoms with van der Waals surface area (Å²) >= 11 is 0. The molecule has 2 amide bonds. The van der Waals surface area contributed by atoms with E-state index in [1.165, 1.54) is 7.11 Å². The van der Waals surface area contributed by atoms with Crippen LogP contribution < -0.4 is 20.1 Å². The van der Waals surface area contributed by atoms with Crippen LogP contribution in [0.3, 0.4) is 0 Å². The largest absolute Gasteiger partial charge is 0.493 e. The van der Waals surface area contributed by atoms with Crippen LogP contribution in [0.1, 0.15) is 12.5 Å². The minimum Gasteiger partial charge on any atom is -0.493 e. The normalized spacial score (nSPS) is 10.0. The molecule has 0 spiro atoms. The first-order chi connectivity index (χ1) is 14.0. The Bertz CT molecular complexity index is 853. The zero-order valence-electron chi connectivity index (χ0n) is 16.4. The molecule has 0 aromatic heterocycles. The average Bonchev–Trinajstić information content (AvgIpc) is 2.75. The van der Waals surface area contributed by atoms with Crippen LogP contribution in [0.25, 0.3) is 0 Å². The number of aryl methyl sites for hydroxylation is 1. The molecule has 0 aliphatic carbocycles. The van der Waals surface area contributed by atoms with Crippen molar-refractivity contribution in [3.63, 3.8) is 0 Å². The van der Waals surface area contributed by atoms with Crippen molar-refractivity contribution in [1.29, 1.82) is 0 Å². The van der Waals surface area contributed by atoms with Gasteiger partial charge in [0.05, 0.1) is 13.7 Å². The highest BCUT2D eigenvalue weighted by Crippen LogP contribution is 2.25. The summed E-state index contributed by atoms with van der Waals surface area (Å²) in [7, 11) is 1.49. The second kappa shape index (κ2) is 11.3. The van der Waals surface area contributed by atoms with Crippen LogP contribution in [-0.4, -0.2) is 44.7 Å². The molecule has 0 unspecified atom stereocenters. The standard InChI is InChI=1S/C21H24N2O6/c1-3-15-8-4-5-9-16(15)23-19(24)12-22-20(25)13-29-21(26)14-28-18-11-7-6-10-17(18)27-2/h4-11H,3,12-14H2,1-2H3,(H,22,25)(H,23,24). The summed E-state index contributed by atoms with van der Waals surface area (Å²) in [4.78, 5) is 35.5. The maximum absolute atomic E-state index is 12.0. The lowest BCUT2D eigenvalue weighted by atomic mass is 10.1. The number of hydrogen-bond acceptors (Lipinski definition) is 6. The number of amides is 2. The van der Waals surface area contributed by atoms with Gasteiger partial charge in [0.15, 0.2) is 24.7 Å². The van der Waals surface area contributed by atoms with Gasteiger partial charge in [-0.05, 0) is 30.2 Å². The van der Waals surface area contributed by atoms with Crippen LogP contribution in [0.4, 0.5) is 5.69 Å². The van der Waals surface area contributed by atoms with Crippen LogP contribution in [0, 0.1) is 0 Å². The summed E-state index contributed by atoms with van der Waals surface area (Å²) in [5, 5.41) is 5.14. The predicted molar refractivity (Wildman–Crippen MR) is 107 cm³/mol. The number of nitrogens with one attached hydrogen (secondary N) is 2.